The number of aromatic carboxylic acids is 1. The molecule has 0 aliphatic rings. The van der Waals surface area contributed by atoms with Crippen LogP contribution in [0.4, 0.5) is 0 Å². The molecule has 2 rings (SSSR count). The molecule has 0 unspecified atom stereocenters. The number of carboxylic acids is 1. The highest BCUT2D eigenvalue weighted by atomic mass is 16.5. The van der Waals surface area contributed by atoms with Crippen LogP contribution in [0.25, 0.3) is 0 Å². The Hall–Kier alpha value is -2.50. The Morgan fingerprint density at radius 3 is 2.60 bits per heavy atom. The molecule has 6 nitrogen and oxygen atoms in total. The smallest absolute Gasteiger partial charge is 0.356 e. The molecular formula is C14H16N2O4. The van der Waals surface area contributed by atoms with Gasteiger partial charge < -0.3 is 19.1 Å². The molecule has 20 heavy (non-hydrogen) atoms. The molecule has 106 valence electrons. The van der Waals surface area contributed by atoms with E-state index >= 15 is 0 Å². The topological polar surface area (TPSA) is 73.6 Å². The second kappa shape index (κ2) is 6.60. The highest BCUT2D eigenvalue weighted by Gasteiger charge is 2.07. The fourth-order valence-corrected chi connectivity index (χ4v) is 1.70. The summed E-state index contributed by atoms with van der Waals surface area (Å²) in [6, 6.07) is 7.44. The van der Waals surface area contributed by atoms with Crippen molar-refractivity contribution in [1.82, 2.24) is 9.55 Å². The first-order valence-electron chi connectivity index (χ1n) is 6.30. The lowest BCUT2D eigenvalue weighted by atomic mass is 10.3. The number of carbonyl (C=O) groups is 1. The van der Waals surface area contributed by atoms with Gasteiger partial charge in [-0.3, -0.25) is 0 Å². The first-order valence-corrected chi connectivity index (χ1v) is 6.30. The van der Waals surface area contributed by atoms with Crippen LogP contribution in [-0.2, 0) is 6.54 Å². The van der Waals surface area contributed by atoms with E-state index in [2.05, 4.69) is 4.98 Å². The van der Waals surface area contributed by atoms with Crippen molar-refractivity contribution in [3.8, 4) is 11.5 Å². The number of para-hydroxylation sites is 2. The molecule has 0 amide bonds. The molecule has 2 aromatic rings. The van der Waals surface area contributed by atoms with Crippen LogP contribution in [0.1, 0.15) is 17.4 Å². The first-order chi connectivity index (χ1) is 9.70. The summed E-state index contributed by atoms with van der Waals surface area (Å²) >= 11 is 0. The quantitative estimate of drug-likeness (QED) is 0.838. The van der Waals surface area contributed by atoms with Crippen molar-refractivity contribution in [1.29, 1.82) is 0 Å². The van der Waals surface area contributed by atoms with Crippen LogP contribution in [0.5, 0.6) is 11.5 Å². The zero-order chi connectivity index (χ0) is 14.4. The Morgan fingerprint density at radius 2 is 2.00 bits per heavy atom. The highest BCUT2D eigenvalue weighted by Crippen LogP contribution is 2.26. The lowest BCUT2D eigenvalue weighted by molar-refractivity contribution is 0.0691. The summed E-state index contributed by atoms with van der Waals surface area (Å²) in [5.41, 5.74) is 0.0275. The second-order valence-corrected chi connectivity index (χ2v) is 4.03. The lowest BCUT2D eigenvalue weighted by Crippen LogP contribution is -2.07. The Kier molecular flexibility index (Phi) is 4.60. The number of aromatic nitrogens is 2. The van der Waals surface area contributed by atoms with E-state index in [1.807, 2.05) is 31.2 Å². The van der Waals surface area contributed by atoms with Crippen LogP contribution in [-0.4, -0.2) is 33.8 Å². The largest absolute Gasteiger partial charge is 0.490 e. The number of imidazole rings is 1. The van der Waals surface area contributed by atoms with Crippen molar-refractivity contribution in [2.45, 2.75) is 13.5 Å². The SMILES string of the molecule is CCOc1ccccc1OCCn1cnc(C(=O)O)c1. The fourth-order valence-electron chi connectivity index (χ4n) is 1.70. The standard InChI is InChI=1S/C14H16N2O4/c1-2-19-12-5-3-4-6-13(12)20-8-7-16-9-11(14(17)18)15-10-16/h3-6,9-10H,2,7-8H2,1H3,(H,17,18). The summed E-state index contributed by atoms with van der Waals surface area (Å²) < 4.78 is 12.8. The van der Waals surface area contributed by atoms with Gasteiger partial charge in [-0.05, 0) is 19.1 Å². The molecule has 0 saturated carbocycles. The maximum atomic E-state index is 10.7. The average Bonchev–Trinajstić information content (AvgIpc) is 2.90. The maximum Gasteiger partial charge on any atom is 0.356 e. The summed E-state index contributed by atoms with van der Waals surface area (Å²) in [5, 5.41) is 8.77. The van der Waals surface area contributed by atoms with Crippen LogP contribution < -0.4 is 9.47 Å². The number of rotatable bonds is 7. The van der Waals surface area contributed by atoms with E-state index in [1.54, 1.807) is 4.57 Å². The molecule has 0 bridgehead atoms. The van der Waals surface area contributed by atoms with E-state index in [0.717, 1.165) is 0 Å². The molecule has 1 heterocycles. The maximum absolute atomic E-state index is 10.7. The van der Waals surface area contributed by atoms with Gasteiger partial charge in [0.15, 0.2) is 17.2 Å². The molecule has 0 atom stereocenters. The number of hydrogen-bond donors (Lipinski definition) is 1. The van der Waals surface area contributed by atoms with Gasteiger partial charge in [0.2, 0.25) is 0 Å². The predicted octanol–water partition coefficient (Wildman–Crippen LogP) is 2.06. The lowest BCUT2D eigenvalue weighted by Gasteiger charge is -2.11. The third-order valence-corrected chi connectivity index (χ3v) is 2.61. The summed E-state index contributed by atoms with van der Waals surface area (Å²) in [7, 11) is 0. The van der Waals surface area contributed by atoms with Crippen LogP contribution >= 0.6 is 0 Å². The summed E-state index contributed by atoms with van der Waals surface area (Å²) in [6.07, 6.45) is 2.95. The number of hydrogen-bond acceptors (Lipinski definition) is 4. The minimum atomic E-state index is -1.04. The third kappa shape index (κ3) is 3.50. The van der Waals surface area contributed by atoms with Gasteiger partial charge in [0.25, 0.3) is 0 Å². The molecule has 6 heteroatoms. The van der Waals surface area contributed by atoms with Crippen LogP contribution in [0.3, 0.4) is 0 Å². The minimum Gasteiger partial charge on any atom is -0.490 e. The molecule has 1 aromatic heterocycles. The zero-order valence-corrected chi connectivity index (χ0v) is 11.2. The van der Waals surface area contributed by atoms with Crippen molar-refractivity contribution in [3.63, 3.8) is 0 Å². The molecule has 0 saturated heterocycles. The van der Waals surface area contributed by atoms with Crippen molar-refractivity contribution < 1.29 is 19.4 Å². The van der Waals surface area contributed by atoms with Crippen LogP contribution in [0.2, 0.25) is 0 Å². The number of nitrogens with zero attached hydrogens (tertiary/aromatic N) is 2. The predicted molar refractivity (Wildman–Crippen MR) is 72.3 cm³/mol. The van der Waals surface area contributed by atoms with Crippen molar-refractivity contribution in [2.24, 2.45) is 0 Å². The molecule has 0 radical (unpaired) electrons. The van der Waals surface area contributed by atoms with E-state index < -0.39 is 5.97 Å². The van der Waals surface area contributed by atoms with E-state index in [1.165, 1.54) is 12.5 Å². The molecule has 1 N–H and O–H groups in total. The molecule has 0 aliphatic heterocycles. The van der Waals surface area contributed by atoms with Gasteiger partial charge in [0.05, 0.1) is 19.5 Å². The van der Waals surface area contributed by atoms with Crippen molar-refractivity contribution in [2.75, 3.05) is 13.2 Å². The van der Waals surface area contributed by atoms with Gasteiger partial charge in [-0.2, -0.15) is 0 Å². The Morgan fingerprint density at radius 1 is 1.30 bits per heavy atom. The van der Waals surface area contributed by atoms with Crippen LogP contribution in [0.15, 0.2) is 36.8 Å². The van der Waals surface area contributed by atoms with Crippen molar-refractivity contribution >= 4 is 5.97 Å². The molecule has 0 spiro atoms. The minimum absolute atomic E-state index is 0.0275. The molecule has 0 fully saturated rings. The number of ether oxygens (including phenoxy) is 2. The Bertz CT molecular complexity index is 580. The number of benzene rings is 1. The molecular weight excluding hydrogens is 260 g/mol. The third-order valence-electron chi connectivity index (χ3n) is 2.61. The molecule has 1 aromatic carbocycles. The normalized spacial score (nSPS) is 10.2. The average molecular weight is 276 g/mol. The van der Waals surface area contributed by atoms with Gasteiger partial charge in [-0.15, -0.1) is 0 Å². The highest BCUT2D eigenvalue weighted by molar-refractivity contribution is 5.84. The monoisotopic (exact) mass is 276 g/mol. The van der Waals surface area contributed by atoms with Gasteiger partial charge in [-0.1, -0.05) is 12.1 Å². The first kappa shape index (κ1) is 13.9. The van der Waals surface area contributed by atoms with Gasteiger partial charge in [-0.25, -0.2) is 9.78 Å². The Balaban J connectivity index is 1.90. The van der Waals surface area contributed by atoms with Gasteiger partial charge >= 0.3 is 5.97 Å². The van der Waals surface area contributed by atoms with Gasteiger partial charge in [0.1, 0.15) is 6.61 Å². The van der Waals surface area contributed by atoms with E-state index in [4.69, 9.17) is 14.6 Å². The Labute approximate surface area is 116 Å². The van der Waals surface area contributed by atoms with Gasteiger partial charge in [0, 0.05) is 6.20 Å². The van der Waals surface area contributed by atoms with Crippen LogP contribution in [0, 0.1) is 0 Å². The zero-order valence-electron chi connectivity index (χ0n) is 11.2. The summed E-state index contributed by atoms with van der Waals surface area (Å²) in [5.74, 6) is 0.339. The van der Waals surface area contributed by atoms with Crippen molar-refractivity contribution in [3.05, 3.63) is 42.5 Å². The summed E-state index contributed by atoms with van der Waals surface area (Å²) in [6.45, 7) is 3.40. The van der Waals surface area contributed by atoms with E-state index in [9.17, 15) is 4.79 Å². The molecule has 0 aliphatic carbocycles. The fraction of sp³-hybridized carbons (Fsp3) is 0.286. The van der Waals surface area contributed by atoms with E-state index in [0.29, 0.717) is 31.3 Å². The second-order valence-electron chi connectivity index (χ2n) is 4.03. The number of carboxylic acid groups (broad SMARTS) is 1. The van der Waals surface area contributed by atoms with E-state index in [-0.39, 0.29) is 5.69 Å². The summed E-state index contributed by atoms with van der Waals surface area (Å²) in [4.78, 5) is 14.5.